The van der Waals surface area contributed by atoms with Crippen molar-refractivity contribution in [3.05, 3.63) is 40.2 Å². The highest BCUT2D eigenvalue weighted by molar-refractivity contribution is 6.02. The number of hydrogen-bond acceptors (Lipinski definition) is 3. The Balaban J connectivity index is 2.88. The van der Waals surface area contributed by atoms with Crippen LogP contribution in [0.25, 0.3) is 10.9 Å². The van der Waals surface area contributed by atoms with Crippen LogP contribution in [0.2, 0.25) is 0 Å². The molecule has 4 heteroatoms. The second-order valence-corrected chi connectivity index (χ2v) is 3.30. The van der Waals surface area contributed by atoms with Crippen LogP contribution in [-0.4, -0.2) is 15.9 Å². The number of aromatic amines is 1. The van der Waals surface area contributed by atoms with Crippen LogP contribution < -0.4 is 5.56 Å². The van der Waals surface area contributed by atoms with E-state index < -0.39 is 0 Å². The number of aromatic nitrogens is 1. The number of benzene rings is 1. The molecule has 0 bridgehead atoms. The zero-order chi connectivity index (χ0) is 11.0. The van der Waals surface area contributed by atoms with Gasteiger partial charge in [-0.05, 0) is 19.1 Å². The number of aromatic hydroxyl groups is 1. The highest BCUT2D eigenvalue weighted by Crippen LogP contribution is 2.26. The van der Waals surface area contributed by atoms with E-state index in [1.165, 1.54) is 19.1 Å². The molecule has 2 N–H and O–H groups in total. The third-order valence-electron chi connectivity index (χ3n) is 2.25. The van der Waals surface area contributed by atoms with Gasteiger partial charge in [0.1, 0.15) is 0 Å². The van der Waals surface area contributed by atoms with Gasteiger partial charge in [-0.1, -0.05) is 6.07 Å². The van der Waals surface area contributed by atoms with Gasteiger partial charge < -0.3 is 10.1 Å². The van der Waals surface area contributed by atoms with Gasteiger partial charge in [-0.2, -0.15) is 0 Å². The van der Waals surface area contributed by atoms with Crippen molar-refractivity contribution in [3.8, 4) is 5.75 Å². The molecule has 2 aromatic rings. The van der Waals surface area contributed by atoms with E-state index in [0.717, 1.165) is 0 Å². The Hall–Kier alpha value is -2.10. The Labute approximate surface area is 85.2 Å². The van der Waals surface area contributed by atoms with Crippen molar-refractivity contribution >= 4 is 16.7 Å². The number of ketones is 1. The summed E-state index contributed by atoms with van der Waals surface area (Å²) in [7, 11) is 0. The number of rotatable bonds is 1. The van der Waals surface area contributed by atoms with Gasteiger partial charge in [0.15, 0.2) is 11.5 Å². The molecule has 4 nitrogen and oxygen atoms in total. The summed E-state index contributed by atoms with van der Waals surface area (Å²) in [6, 6.07) is 6.19. The van der Waals surface area contributed by atoms with Crippen molar-refractivity contribution in [1.82, 2.24) is 4.98 Å². The van der Waals surface area contributed by atoms with Crippen LogP contribution in [0.1, 0.15) is 17.3 Å². The molecule has 1 aromatic carbocycles. The summed E-state index contributed by atoms with van der Waals surface area (Å²) in [5, 5.41) is 10.4. The molecule has 0 saturated carbocycles. The first-order valence-electron chi connectivity index (χ1n) is 4.45. The number of H-pyrrole nitrogens is 1. The third-order valence-corrected chi connectivity index (χ3v) is 2.25. The number of nitrogens with one attached hydrogen (secondary N) is 1. The lowest BCUT2D eigenvalue weighted by Crippen LogP contribution is -2.03. The SMILES string of the molecule is CC(=O)c1ccc2ccc(=O)[nH]c2c1O. The van der Waals surface area contributed by atoms with Gasteiger partial charge in [-0.15, -0.1) is 0 Å². The summed E-state index contributed by atoms with van der Waals surface area (Å²) in [6.45, 7) is 1.36. The number of carbonyl (C=O) groups is 1. The smallest absolute Gasteiger partial charge is 0.248 e. The molecule has 2 rings (SSSR count). The lowest BCUT2D eigenvalue weighted by Gasteiger charge is -2.04. The van der Waals surface area contributed by atoms with Gasteiger partial charge in [-0.25, -0.2) is 0 Å². The number of pyridine rings is 1. The van der Waals surface area contributed by atoms with Gasteiger partial charge in [-0.3, -0.25) is 9.59 Å². The van der Waals surface area contributed by atoms with Crippen LogP contribution in [0.3, 0.4) is 0 Å². The van der Waals surface area contributed by atoms with E-state index in [2.05, 4.69) is 4.98 Å². The average molecular weight is 203 g/mol. The summed E-state index contributed by atoms with van der Waals surface area (Å²) in [5.41, 5.74) is 0.207. The Morgan fingerprint density at radius 3 is 2.60 bits per heavy atom. The van der Waals surface area contributed by atoms with Gasteiger partial charge >= 0.3 is 0 Å². The molecular formula is C11H9NO3. The second-order valence-electron chi connectivity index (χ2n) is 3.30. The monoisotopic (exact) mass is 203 g/mol. The summed E-state index contributed by atoms with van der Waals surface area (Å²) in [4.78, 5) is 24.7. The van der Waals surface area contributed by atoms with E-state index in [1.54, 1.807) is 12.1 Å². The van der Waals surface area contributed by atoms with E-state index in [-0.39, 0.29) is 22.7 Å². The summed E-state index contributed by atoms with van der Waals surface area (Å²) in [5.74, 6) is -0.406. The lowest BCUT2D eigenvalue weighted by atomic mass is 10.1. The quantitative estimate of drug-likeness (QED) is 0.689. The number of Topliss-reactive ketones (excluding diaryl/α,β-unsaturated/α-hetero) is 1. The summed E-state index contributed by atoms with van der Waals surface area (Å²) in [6.07, 6.45) is 0. The Morgan fingerprint density at radius 2 is 1.93 bits per heavy atom. The maximum Gasteiger partial charge on any atom is 0.248 e. The number of carbonyl (C=O) groups excluding carboxylic acids is 1. The number of fused-ring (bicyclic) bond motifs is 1. The summed E-state index contributed by atoms with van der Waals surface area (Å²) < 4.78 is 0. The zero-order valence-corrected chi connectivity index (χ0v) is 8.07. The van der Waals surface area contributed by atoms with Crippen molar-refractivity contribution in [2.24, 2.45) is 0 Å². The minimum atomic E-state index is -0.307. The Morgan fingerprint density at radius 1 is 1.27 bits per heavy atom. The topological polar surface area (TPSA) is 70.2 Å². The van der Waals surface area contributed by atoms with Crippen molar-refractivity contribution in [1.29, 1.82) is 0 Å². The molecule has 15 heavy (non-hydrogen) atoms. The van der Waals surface area contributed by atoms with Crippen LogP contribution in [-0.2, 0) is 0 Å². The number of phenolic OH excluding ortho intramolecular Hbond substituents is 1. The second kappa shape index (κ2) is 3.24. The fourth-order valence-corrected chi connectivity index (χ4v) is 1.49. The molecule has 0 spiro atoms. The maximum atomic E-state index is 11.1. The Bertz CT molecular complexity index is 598. The van der Waals surface area contributed by atoms with Gasteiger partial charge in [0, 0.05) is 11.5 Å². The molecule has 0 radical (unpaired) electrons. The first-order chi connectivity index (χ1) is 7.09. The largest absolute Gasteiger partial charge is 0.505 e. The van der Waals surface area contributed by atoms with Crippen LogP contribution in [0.4, 0.5) is 0 Å². The van der Waals surface area contributed by atoms with E-state index in [9.17, 15) is 14.7 Å². The average Bonchev–Trinajstić information content (AvgIpc) is 2.19. The minimum absolute atomic E-state index is 0.169. The van der Waals surface area contributed by atoms with Crippen molar-refractivity contribution in [3.63, 3.8) is 0 Å². The predicted octanol–water partition coefficient (Wildman–Crippen LogP) is 1.44. The molecule has 0 atom stereocenters. The molecule has 0 aliphatic rings. The molecule has 1 aromatic heterocycles. The lowest BCUT2D eigenvalue weighted by molar-refractivity contribution is 0.101. The first kappa shape index (κ1) is 9.45. The van der Waals surface area contributed by atoms with Gasteiger partial charge in [0.25, 0.3) is 0 Å². The molecule has 0 aliphatic carbocycles. The molecule has 0 unspecified atom stereocenters. The van der Waals surface area contributed by atoms with E-state index in [1.807, 2.05) is 0 Å². The van der Waals surface area contributed by atoms with Crippen molar-refractivity contribution < 1.29 is 9.90 Å². The fourth-order valence-electron chi connectivity index (χ4n) is 1.49. The molecule has 0 aliphatic heterocycles. The highest BCUT2D eigenvalue weighted by Gasteiger charge is 2.10. The predicted molar refractivity (Wildman–Crippen MR) is 56.2 cm³/mol. The maximum absolute atomic E-state index is 11.1. The molecule has 76 valence electrons. The summed E-state index contributed by atoms with van der Waals surface area (Å²) >= 11 is 0. The number of hydrogen-bond donors (Lipinski definition) is 2. The van der Waals surface area contributed by atoms with Crippen molar-refractivity contribution in [2.75, 3.05) is 0 Å². The molecule has 0 saturated heterocycles. The normalized spacial score (nSPS) is 10.5. The van der Waals surface area contributed by atoms with E-state index in [4.69, 9.17) is 0 Å². The van der Waals surface area contributed by atoms with Crippen molar-refractivity contribution in [2.45, 2.75) is 6.92 Å². The molecular weight excluding hydrogens is 194 g/mol. The van der Waals surface area contributed by atoms with Gasteiger partial charge in [0.2, 0.25) is 5.56 Å². The van der Waals surface area contributed by atoms with Crippen LogP contribution in [0.15, 0.2) is 29.1 Å². The highest BCUT2D eigenvalue weighted by atomic mass is 16.3. The van der Waals surface area contributed by atoms with Crippen LogP contribution in [0.5, 0.6) is 5.75 Å². The standard InChI is InChI=1S/C11H9NO3/c1-6(13)8-4-2-7-3-5-9(14)12-10(7)11(8)15/h2-5,15H,1H3,(H,12,14). The zero-order valence-electron chi connectivity index (χ0n) is 8.07. The first-order valence-corrected chi connectivity index (χ1v) is 4.45. The molecule has 0 fully saturated rings. The Kier molecular flexibility index (Phi) is 2.04. The van der Waals surface area contributed by atoms with E-state index >= 15 is 0 Å². The number of phenols is 1. The minimum Gasteiger partial charge on any atom is -0.505 e. The van der Waals surface area contributed by atoms with Crippen LogP contribution >= 0.6 is 0 Å². The van der Waals surface area contributed by atoms with Crippen LogP contribution in [0, 0.1) is 0 Å². The van der Waals surface area contributed by atoms with E-state index in [0.29, 0.717) is 10.9 Å². The fraction of sp³-hybridized carbons (Fsp3) is 0.0909. The molecule has 0 amide bonds. The molecule has 1 heterocycles. The third kappa shape index (κ3) is 1.50. The van der Waals surface area contributed by atoms with Gasteiger partial charge in [0.05, 0.1) is 11.1 Å².